The Morgan fingerprint density at radius 3 is 3.00 bits per heavy atom. The van der Waals surface area contributed by atoms with Gasteiger partial charge in [0, 0.05) is 30.2 Å². The lowest BCUT2D eigenvalue weighted by Crippen LogP contribution is -2.33. The van der Waals surface area contributed by atoms with Crippen molar-refractivity contribution in [2.75, 3.05) is 18.4 Å². The van der Waals surface area contributed by atoms with E-state index in [0.717, 1.165) is 23.0 Å². The van der Waals surface area contributed by atoms with Crippen LogP contribution >= 0.6 is 0 Å². The maximum Gasteiger partial charge on any atom is 0.198 e. The Kier molecular flexibility index (Phi) is 2.56. The van der Waals surface area contributed by atoms with Crippen LogP contribution in [0.4, 0.5) is 5.69 Å². The van der Waals surface area contributed by atoms with E-state index in [9.17, 15) is 0 Å². The molecule has 0 bridgehead atoms. The third-order valence-corrected chi connectivity index (χ3v) is 5.29. The molecule has 0 radical (unpaired) electrons. The van der Waals surface area contributed by atoms with Gasteiger partial charge in [-0.3, -0.25) is 4.90 Å². The van der Waals surface area contributed by atoms with Crippen LogP contribution in [0.2, 0.25) is 0 Å². The minimum Gasteiger partial charge on any atom is -0.440 e. The summed E-state index contributed by atoms with van der Waals surface area (Å²) in [5.74, 6) is 1.51. The Bertz CT molecular complexity index is 676. The first kappa shape index (κ1) is 12.0. The lowest BCUT2D eigenvalue weighted by Gasteiger charge is -2.22. The number of anilines is 1. The first-order valence-electron chi connectivity index (χ1n) is 8.28. The van der Waals surface area contributed by atoms with Gasteiger partial charge >= 0.3 is 0 Å². The van der Waals surface area contributed by atoms with E-state index in [1.54, 1.807) is 0 Å². The van der Waals surface area contributed by atoms with E-state index in [4.69, 9.17) is 4.42 Å². The summed E-state index contributed by atoms with van der Waals surface area (Å²) in [7, 11) is 0. The fraction of sp³-hybridized carbons (Fsp3) is 0.588. The topological polar surface area (TPSA) is 41.3 Å². The molecule has 21 heavy (non-hydrogen) atoms. The van der Waals surface area contributed by atoms with E-state index < -0.39 is 0 Å². The van der Waals surface area contributed by atoms with Gasteiger partial charge in [0.15, 0.2) is 11.5 Å². The van der Waals surface area contributed by atoms with Gasteiger partial charge in [0.1, 0.15) is 5.52 Å². The minimum atomic E-state index is 0.579. The van der Waals surface area contributed by atoms with Crippen molar-refractivity contribution in [3.8, 4) is 0 Å². The first-order chi connectivity index (χ1) is 10.4. The van der Waals surface area contributed by atoms with Gasteiger partial charge in [-0.2, -0.15) is 0 Å². The molecule has 1 aliphatic carbocycles. The average Bonchev–Trinajstić information content (AvgIpc) is 2.94. The Morgan fingerprint density at radius 2 is 2.10 bits per heavy atom. The van der Waals surface area contributed by atoms with Crippen molar-refractivity contribution in [1.29, 1.82) is 0 Å². The molecule has 110 valence electrons. The molecule has 3 aliphatic rings. The van der Waals surface area contributed by atoms with Crippen molar-refractivity contribution >= 4 is 16.8 Å². The van der Waals surface area contributed by atoms with E-state index >= 15 is 0 Å². The highest BCUT2D eigenvalue weighted by atomic mass is 16.3. The number of hydrogen-bond acceptors (Lipinski definition) is 4. The maximum atomic E-state index is 5.84. The lowest BCUT2D eigenvalue weighted by molar-refractivity contribution is 0.318. The van der Waals surface area contributed by atoms with E-state index in [0.29, 0.717) is 12.0 Å². The molecule has 2 aliphatic heterocycles. The van der Waals surface area contributed by atoms with Crippen LogP contribution < -0.4 is 5.32 Å². The molecular formula is C17H21N3O. The largest absolute Gasteiger partial charge is 0.440 e. The highest BCUT2D eigenvalue weighted by molar-refractivity contribution is 5.77. The van der Waals surface area contributed by atoms with Gasteiger partial charge in [-0.15, -0.1) is 0 Å². The molecule has 2 unspecified atom stereocenters. The number of aromatic nitrogens is 1. The number of nitrogens with zero attached hydrogens (tertiary/aromatic N) is 2. The van der Waals surface area contributed by atoms with Crippen molar-refractivity contribution in [1.82, 2.24) is 9.88 Å². The number of rotatable bonds is 3. The molecular weight excluding hydrogens is 262 g/mol. The summed E-state index contributed by atoms with van der Waals surface area (Å²) in [6.07, 6.45) is 6.43. The van der Waals surface area contributed by atoms with Gasteiger partial charge in [-0.05, 0) is 56.8 Å². The molecule has 5 rings (SSSR count). The molecule has 4 heteroatoms. The second kappa shape index (κ2) is 4.47. The van der Waals surface area contributed by atoms with Crippen LogP contribution in [0.25, 0.3) is 11.1 Å². The SMILES string of the molecule is c1cc2oc(C3CC3)nc2cc1NC1CCN2CCCC12. The quantitative estimate of drug-likeness (QED) is 0.938. The molecule has 2 saturated heterocycles. The Hall–Kier alpha value is -1.55. The standard InChI is InChI=1S/C17H21N3O/c1-2-15-13(7-9-20(15)8-1)18-12-5-6-16-14(10-12)19-17(21-16)11-3-4-11/h5-6,10-11,13,15,18H,1-4,7-9H2. The van der Waals surface area contributed by atoms with Crippen molar-refractivity contribution in [3.63, 3.8) is 0 Å². The van der Waals surface area contributed by atoms with Crippen LogP contribution in [-0.4, -0.2) is 35.1 Å². The van der Waals surface area contributed by atoms with Crippen LogP contribution in [0.1, 0.15) is 43.9 Å². The molecule has 3 fully saturated rings. The zero-order valence-corrected chi connectivity index (χ0v) is 12.2. The third kappa shape index (κ3) is 2.04. The predicted octanol–water partition coefficient (Wildman–Crippen LogP) is 3.35. The fourth-order valence-corrected chi connectivity index (χ4v) is 4.00. The number of hydrogen-bond donors (Lipinski definition) is 1. The van der Waals surface area contributed by atoms with Gasteiger partial charge in [0.05, 0.1) is 0 Å². The highest BCUT2D eigenvalue weighted by Gasteiger charge is 2.37. The van der Waals surface area contributed by atoms with Crippen LogP contribution in [0.5, 0.6) is 0 Å². The summed E-state index contributed by atoms with van der Waals surface area (Å²) < 4.78 is 5.84. The van der Waals surface area contributed by atoms with Gasteiger partial charge in [-0.1, -0.05) is 0 Å². The minimum absolute atomic E-state index is 0.579. The lowest BCUT2D eigenvalue weighted by atomic mass is 10.1. The van der Waals surface area contributed by atoms with E-state index in [1.807, 2.05) is 0 Å². The van der Waals surface area contributed by atoms with Crippen molar-refractivity contribution in [3.05, 3.63) is 24.1 Å². The molecule has 1 aromatic heterocycles. The summed E-state index contributed by atoms with van der Waals surface area (Å²) in [5.41, 5.74) is 3.12. The van der Waals surface area contributed by atoms with Crippen LogP contribution in [0.15, 0.2) is 22.6 Å². The zero-order chi connectivity index (χ0) is 13.8. The average molecular weight is 283 g/mol. The molecule has 2 atom stereocenters. The summed E-state index contributed by atoms with van der Waals surface area (Å²) in [5, 5.41) is 3.74. The first-order valence-corrected chi connectivity index (χ1v) is 8.28. The Morgan fingerprint density at radius 1 is 1.14 bits per heavy atom. The van der Waals surface area contributed by atoms with Crippen molar-refractivity contribution in [2.24, 2.45) is 0 Å². The van der Waals surface area contributed by atoms with Gasteiger partial charge in [0.2, 0.25) is 0 Å². The molecule has 0 amide bonds. The molecule has 1 saturated carbocycles. The Labute approximate surface area is 124 Å². The molecule has 4 nitrogen and oxygen atoms in total. The Balaban J connectivity index is 1.39. The summed E-state index contributed by atoms with van der Waals surface area (Å²) in [4.78, 5) is 7.30. The van der Waals surface area contributed by atoms with Crippen molar-refractivity contribution < 1.29 is 4.42 Å². The van der Waals surface area contributed by atoms with Gasteiger partial charge < -0.3 is 9.73 Å². The zero-order valence-electron chi connectivity index (χ0n) is 12.2. The summed E-state index contributed by atoms with van der Waals surface area (Å²) in [6, 6.07) is 7.70. The monoisotopic (exact) mass is 283 g/mol. The molecule has 0 spiro atoms. The smallest absolute Gasteiger partial charge is 0.198 e. The fourth-order valence-electron chi connectivity index (χ4n) is 4.00. The molecule has 3 heterocycles. The van der Waals surface area contributed by atoms with Gasteiger partial charge in [0.25, 0.3) is 0 Å². The van der Waals surface area contributed by atoms with E-state index in [1.165, 1.54) is 50.9 Å². The van der Waals surface area contributed by atoms with E-state index in [-0.39, 0.29) is 0 Å². The second-order valence-corrected chi connectivity index (χ2v) is 6.79. The normalized spacial score (nSPS) is 29.1. The number of oxazole rings is 1. The maximum absolute atomic E-state index is 5.84. The predicted molar refractivity (Wildman–Crippen MR) is 82.6 cm³/mol. The molecule has 1 N–H and O–H groups in total. The van der Waals surface area contributed by atoms with Gasteiger partial charge in [-0.25, -0.2) is 4.98 Å². The summed E-state index contributed by atoms with van der Waals surface area (Å²) in [6.45, 7) is 2.54. The second-order valence-electron chi connectivity index (χ2n) is 6.79. The van der Waals surface area contributed by atoms with Crippen LogP contribution in [0.3, 0.4) is 0 Å². The highest BCUT2D eigenvalue weighted by Crippen LogP contribution is 2.40. The number of benzene rings is 1. The van der Waals surface area contributed by atoms with Crippen LogP contribution in [0, 0.1) is 0 Å². The van der Waals surface area contributed by atoms with Crippen LogP contribution in [-0.2, 0) is 0 Å². The number of fused-ring (bicyclic) bond motifs is 2. The van der Waals surface area contributed by atoms with Crippen molar-refractivity contribution in [2.45, 2.75) is 50.1 Å². The van der Waals surface area contributed by atoms with E-state index in [2.05, 4.69) is 33.4 Å². The summed E-state index contributed by atoms with van der Waals surface area (Å²) >= 11 is 0. The third-order valence-electron chi connectivity index (χ3n) is 5.29. The molecule has 2 aromatic rings. The molecule has 1 aromatic carbocycles. The number of nitrogens with one attached hydrogen (secondary N) is 1.